The van der Waals surface area contributed by atoms with Crippen molar-refractivity contribution in [3.05, 3.63) is 39.4 Å². The number of hydrogen-bond donors (Lipinski definition) is 1. The van der Waals surface area contributed by atoms with E-state index in [0.29, 0.717) is 0 Å². The van der Waals surface area contributed by atoms with Crippen molar-refractivity contribution in [2.45, 2.75) is 0 Å². The van der Waals surface area contributed by atoms with Gasteiger partial charge in [0.15, 0.2) is 5.75 Å². The minimum Gasteiger partial charge on any atom is -0.490 e. The highest BCUT2D eigenvalue weighted by Gasteiger charge is 2.23. The molecule has 0 fully saturated rings. The fourth-order valence-electron chi connectivity index (χ4n) is 1.35. The van der Waals surface area contributed by atoms with Crippen LogP contribution in [0.5, 0.6) is 5.75 Å². The summed E-state index contributed by atoms with van der Waals surface area (Å²) in [6, 6.07) is 4.36. The highest BCUT2D eigenvalue weighted by molar-refractivity contribution is 5.86. The van der Waals surface area contributed by atoms with Gasteiger partial charge >= 0.3 is 11.7 Å². The van der Waals surface area contributed by atoms with E-state index >= 15 is 0 Å². The number of carboxylic acid groups (broad SMARTS) is 1. The van der Waals surface area contributed by atoms with Crippen LogP contribution in [0.15, 0.2) is 18.2 Å². The maximum Gasteiger partial charge on any atom is 0.329 e. The summed E-state index contributed by atoms with van der Waals surface area (Å²) in [6.45, 7) is 0. The summed E-state index contributed by atoms with van der Waals surface area (Å²) in [5.41, 5.74) is -0.572. The molecule has 18 heavy (non-hydrogen) atoms. The molecule has 1 aromatic rings. The standard InChI is InChI=1S/C11H8N2O5/c1-18-9-4-2-7(3-5-10(14)15)8(6-12)11(9)13(16)17/h2-5H,1H3,(H,14,15)/b5-3+. The van der Waals surface area contributed by atoms with Crippen molar-refractivity contribution in [3.63, 3.8) is 0 Å². The number of carbonyl (C=O) groups is 1. The van der Waals surface area contributed by atoms with Gasteiger partial charge in [0.1, 0.15) is 11.6 Å². The van der Waals surface area contributed by atoms with E-state index in [1.165, 1.54) is 19.2 Å². The number of nitro groups is 1. The summed E-state index contributed by atoms with van der Waals surface area (Å²) < 4.78 is 4.80. The van der Waals surface area contributed by atoms with Crippen molar-refractivity contribution in [1.29, 1.82) is 5.26 Å². The molecule has 7 heteroatoms. The predicted molar refractivity (Wildman–Crippen MR) is 61.0 cm³/mol. The third-order valence-electron chi connectivity index (χ3n) is 2.09. The molecule has 0 spiro atoms. The first-order valence-electron chi connectivity index (χ1n) is 4.67. The second kappa shape index (κ2) is 5.45. The Bertz CT molecular complexity index is 572. The minimum atomic E-state index is -1.21. The number of methoxy groups -OCH3 is 1. The van der Waals surface area contributed by atoms with Gasteiger partial charge < -0.3 is 9.84 Å². The predicted octanol–water partition coefficient (Wildman–Crippen LogP) is 1.57. The van der Waals surface area contributed by atoms with Crippen LogP contribution in [0, 0.1) is 21.4 Å². The Morgan fingerprint density at radius 2 is 2.28 bits per heavy atom. The summed E-state index contributed by atoms with van der Waals surface area (Å²) in [5.74, 6) is -1.26. The molecule has 1 aromatic carbocycles. The van der Waals surface area contributed by atoms with E-state index in [-0.39, 0.29) is 16.9 Å². The van der Waals surface area contributed by atoms with Gasteiger partial charge in [-0.2, -0.15) is 5.26 Å². The molecule has 0 aliphatic heterocycles. The van der Waals surface area contributed by atoms with Crippen molar-refractivity contribution >= 4 is 17.7 Å². The molecule has 0 saturated carbocycles. The van der Waals surface area contributed by atoms with Crippen LogP contribution in [-0.2, 0) is 4.79 Å². The van der Waals surface area contributed by atoms with Crippen molar-refractivity contribution in [1.82, 2.24) is 0 Å². The summed E-state index contributed by atoms with van der Waals surface area (Å²) in [7, 11) is 1.25. The topological polar surface area (TPSA) is 113 Å². The first kappa shape index (κ1) is 13.2. The maximum atomic E-state index is 10.9. The molecule has 92 valence electrons. The molecule has 0 atom stereocenters. The molecule has 0 aliphatic rings. The molecule has 1 rings (SSSR count). The van der Waals surface area contributed by atoms with Gasteiger partial charge in [-0.1, -0.05) is 0 Å². The molecule has 1 N–H and O–H groups in total. The zero-order valence-corrected chi connectivity index (χ0v) is 9.28. The number of benzene rings is 1. The highest BCUT2D eigenvalue weighted by Crippen LogP contribution is 2.33. The van der Waals surface area contributed by atoms with Gasteiger partial charge in [-0.05, 0) is 23.8 Å². The SMILES string of the molecule is COc1ccc(/C=C/C(=O)O)c(C#N)c1[N+](=O)[O-]. The van der Waals surface area contributed by atoms with Crippen molar-refractivity contribution in [2.24, 2.45) is 0 Å². The Morgan fingerprint density at radius 1 is 1.61 bits per heavy atom. The van der Waals surface area contributed by atoms with Gasteiger partial charge in [0.25, 0.3) is 0 Å². The minimum absolute atomic E-state index is 0.0518. The highest BCUT2D eigenvalue weighted by atomic mass is 16.6. The number of nitro benzene ring substituents is 1. The fraction of sp³-hybridized carbons (Fsp3) is 0.0909. The summed E-state index contributed by atoms with van der Waals surface area (Å²) in [5, 5.41) is 28.3. The molecule has 0 unspecified atom stereocenters. The lowest BCUT2D eigenvalue weighted by Gasteiger charge is -2.04. The van der Waals surface area contributed by atoms with E-state index in [1.807, 2.05) is 0 Å². The van der Waals surface area contributed by atoms with Crippen LogP contribution in [0.4, 0.5) is 5.69 Å². The lowest BCUT2D eigenvalue weighted by Crippen LogP contribution is -1.99. The lowest BCUT2D eigenvalue weighted by molar-refractivity contribution is -0.386. The number of nitriles is 1. The number of aliphatic carboxylic acids is 1. The van der Waals surface area contributed by atoms with Crippen LogP contribution < -0.4 is 4.74 Å². The smallest absolute Gasteiger partial charge is 0.329 e. The van der Waals surface area contributed by atoms with E-state index in [1.54, 1.807) is 6.07 Å². The Hall–Kier alpha value is -2.88. The van der Waals surface area contributed by atoms with Gasteiger partial charge in [0.05, 0.1) is 12.0 Å². The number of carboxylic acids is 1. The Morgan fingerprint density at radius 3 is 2.72 bits per heavy atom. The third kappa shape index (κ3) is 2.62. The molecular formula is C11H8N2O5. The molecule has 0 aliphatic carbocycles. The molecule has 7 nitrogen and oxygen atoms in total. The molecule has 0 saturated heterocycles. The quantitative estimate of drug-likeness (QED) is 0.491. The second-order valence-electron chi connectivity index (χ2n) is 3.12. The number of nitrogens with zero attached hydrogens (tertiary/aromatic N) is 2. The van der Waals surface area contributed by atoms with Gasteiger partial charge in [0.2, 0.25) is 0 Å². The van der Waals surface area contributed by atoms with E-state index in [9.17, 15) is 14.9 Å². The lowest BCUT2D eigenvalue weighted by atomic mass is 10.1. The van der Waals surface area contributed by atoms with Gasteiger partial charge in [-0.15, -0.1) is 0 Å². The largest absolute Gasteiger partial charge is 0.490 e. The third-order valence-corrected chi connectivity index (χ3v) is 2.09. The molecule has 0 amide bonds. The van der Waals surface area contributed by atoms with Crippen LogP contribution in [0.3, 0.4) is 0 Å². The Labute approximate surface area is 102 Å². The van der Waals surface area contributed by atoms with Gasteiger partial charge in [-0.25, -0.2) is 4.79 Å². The van der Waals surface area contributed by atoms with E-state index in [4.69, 9.17) is 15.1 Å². The average Bonchev–Trinajstić information content (AvgIpc) is 2.34. The van der Waals surface area contributed by atoms with Gasteiger partial charge in [0, 0.05) is 6.08 Å². The summed E-state index contributed by atoms with van der Waals surface area (Å²) >= 11 is 0. The zero-order valence-electron chi connectivity index (χ0n) is 9.28. The van der Waals surface area contributed by atoms with Crippen LogP contribution in [-0.4, -0.2) is 23.1 Å². The van der Waals surface area contributed by atoms with Gasteiger partial charge in [-0.3, -0.25) is 10.1 Å². The van der Waals surface area contributed by atoms with Crippen molar-refractivity contribution in [3.8, 4) is 11.8 Å². The van der Waals surface area contributed by atoms with E-state index < -0.39 is 16.6 Å². The molecule has 0 heterocycles. The molecular weight excluding hydrogens is 240 g/mol. The van der Waals surface area contributed by atoms with Crippen LogP contribution in [0.2, 0.25) is 0 Å². The monoisotopic (exact) mass is 248 g/mol. The first-order valence-corrected chi connectivity index (χ1v) is 4.67. The number of hydrogen-bond acceptors (Lipinski definition) is 5. The Balaban J connectivity index is 3.49. The second-order valence-corrected chi connectivity index (χ2v) is 3.12. The summed E-state index contributed by atoms with van der Waals surface area (Å²) in [4.78, 5) is 20.5. The number of rotatable bonds is 4. The molecule has 0 bridgehead atoms. The summed E-state index contributed by atoms with van der Waals surface area (Å²) in [6.07, 6.45) is 1.92. The van der Waals surface area contributed by atoms with Crippen LogP contribution in [0.1, 0.15) is 11.1 Å². The van der Waals surface area contributed by atoms with E-state index in [0.717, 1.165) is 12.2 Å². The Kier molecular flexibility index (Phi) is 3.99. The number of ether oxygens (including phenoxy) is 1. The zero-order chi connectivity index (χ0) is 13.7. The molecule has 0 aromatic heterocycles. The molecule has 0 radical (unpaired) electrons. The fourth-order valence-corrected chi connectivity index (χ4v) is 1.35. The normalized spacial score (nSPS) is 10.0. The maximum absolute atomic E-state index is 10.9. The first-order chi connectivity index (χ1) is 8.51. The van der Waals surface area contributed by atoms with Crippen LogP contribution >= 0.6 is 0 Å². The average molecular weight is 248 g/mol. The van der Waals surface area contributed by atoms with Crippen molar-refractivity contribution in [2.75, 3.05) is 7.11 Å². The van der Waals surface area contributed by atoms with E-state index in [2.05, 4.69) is 0 Å². The van der Waals surface area contributed by atoms with Crippen LogP contribution in [0.25, 0.3) is 6.08 Å². The van der Waals surface area contributed by atoms with Crippen molar-refractivity contribution < 1.29 is 19.6 Å².